The lowest BCUT2D eigenvalue weighted by Gasteiger charge is -2.08. The van der Waals surface area contributed by atoms with E-state index in [9.17, 15) is 0 Å². The van der Waals surface area contributed by atoms with E-state index in [2.05, 4.69) is 23.4 Å². The van der Waals surface area contributed by atoms with Crippen LogP contribution in [0.5, 0.6) is 11.5 Å². The average molecular weight is 277 g/mol. The molecule has 0 aliphatic carbocycles. The Morgan fingerprint density at radius 3 is 2.63 bits per heavy atom. The van der Waals surface area contributed by atoms with E-state index >= 15 is 0 Å². The molecule has 0 N–H and O–H groups in total. The van der Waals surface area contributed by atoms with Gasteiger partial charge in [-0.3, -0.25) is 0 Å². The summed E-state index contributed by atoms with van der Waals surface area (Å²) in [4.78, 5) is 4.64. The molecular weight excluding hydrogens is 258 g/mol. The Balaban J connectivity index is 2.13. The van der Waals surface area contributed by atoms with Crippen molar-refractivity contribution in [2.24, 2.45) is 0 Å². The van der Waals surface area contributed by atoms with E-state index < -0.39 is 0 Å². The first-order valence-corrected chi connectivity index (χ1v) is 7.29. The van der Waals surface area contributed by atoms with Gasteiger partial charge in [-0.15, -0.1) is 11.3 Å². The molecule has 4 heteroatoms. The van der Waals surface area contributed by atoms with E-state index in [1.165, 1.54) is 11.3 Å². The Morgan fingerprint density at radius 1 is 1.16 bits per heavy atom. The van der Waals surface area contributed by atoms with Crippen LogP contribution in [0.25, 0.3) is 0 Å². The lowest BCUT2D eigenvalue weighted by molar-refractivity contribution is 0.354. The van der Waals surface area contributed by atoms with Crippen LogP contribution in [0.2, 0.25) is 0 Å². The number of benzene rings is 1. The predicted molar refractivity (Wildman–Crippen MR) is 78.5 cm³/mol. The zero-order chi connectivity index (χ0) is 13.7. The van der Waals surface area contributed by atoms with Crippen LogP contribution < -0.4 is 9.47 Å². The minimum atomic E-state index is 0.761. The number of ether oxygens (including phenoxy) is 2. The van der Waals surface area contributed by atoms with Crippen LogP contribution in [-0.2, 0) is 12.8 Å². The summed E-state index contributed by atoms with van der Waals surface area (Å²) in [6, 6.07) is 6.01. The summed E-state index contributed by atoms with van der Waals surface area (Å²) in [7, 11) is 3.31. The highest BCUT2D eigenvalue weighted by atomic mass is 32.1. The van der Waals surface area contributed by atoms with Gasteiger partial charge in [-0.25, -0.2) is 4.98 Å². The topological polar surface area (TPSA) is 31.4 Å². The molecule has 0 unspecified atom stereocenters. The predicted octanol–water partition coefficient (Wildman–Crippen LogP) is 3.70. The lowest BCUT2D eigenvalue weighted by atomic mass is 10.1. The summed E-state index contributed by atoms with van der Waals surface area (Å²) in [5.74, 6) is 1.53. The summed E-state index contributed by atoms with van der Waals surface area (Å²) in [6.45, 7) is 2.17. The SMILES string of the molecule is CCCc1csc(Cc2ccc(OC)c(OC)c2)n1. The minimum Gasteiger partial charge on any atom is -0.493 e. The quantitative estimate of drug-likeness (QED) is 0.806. The van der Waals surface area contributed by atoms with Crippen LogP contribution in [0.1, 0.15) is 29.6 Å². The van der Waals surface area contributed by atoms with Gasteiger partial charge in [0.1, 0.15) is 0 Å². The van der Waals surface area contributed by atoms with Crippen LogP contribution in [0.4, 0.5) is 0 Å². The van der Waals surface area contributed by atoms with Crippen molar-refractivity contribution in [3.63, 3.8) is 0 Å². The van der Waals surface area contributed by atoms with Gasteiger partial charge in [0.2, 0.25) is 0 Å². The molecule has 1 aromatic heterocycles. The molecule has 2 rings (SSSR count). The maximum Gasteiger partial charge on any atom is 0.160 e. The van der Waals surface area contributed by atoms with Crippen LogP contribution >= 0.6 is 11.3 Å². The summed E-state index contributed by atoms with van der Waals surface area (Å²) in [6.07, 6.45) is 3.04. The Kier molecular flexibility index (Phi) is 4.80. The van der Waals surface area contributed by atoms with Crippen molar-refractivity contribution in [1.82, 2.24) is 4.98 Å². The third kappa shape index (κ3) is 3.47. The third-order valence-corrected chi connectivity index (χ3v) is 3.81. The molecule has 0 atom stereocenters. The van der Waals surface area contributed by atoms with Crippen molar-refractivity contribution in [2.75, 3.05) is 14.2 Å². The first kappa shape index (κ1) is 13.9. The van der Waals surface area contributed by atoms with Gasteiger partial charge in [-0.1, -0.05) is 19.4 Å². The van der Waals surface area contributed by atoms with Gasteiger partial charge in [0.05, 0.1) is 24.9 Å². The van der Waals surface area contributed by atoms with Gasteiger partial charge < -0.3 is 9.47 Å². The molecule has 102 valence electrons. The number of hydrogen-bond donors (Lipinski definition) is 0. The molecule has 1 aromatic carbocycles. The van der Waals surface area contributed by atoms with Gasteiger partial charge >= 0.3 is 0 Å². The first-order valence-electron chi connectivity index (χ1n) is 6.41. The van der Waals surface area contributed by atoms with Crippen molar-refractivity contribution in [2.45, 2.75) is 26.2 Å². The van der Waals surface area contributed by atoms with Gasteiger partial charge in [0.25, 0.3) is 0 Å². The fourth-order valence-corrected chi connectivity index (χ4v) is 2.83. The van der Waals surface area contributed by atoms with E-state index in [0.29, 0.717) is 0 Å². The van der Waals surface area contributed by atoms with E-state index in [-0.39, 0.29) is 0 Å². The van der Waals surface area contributed by atoms with E-state index in [4.69, 9.17) is 9.47 Å². The highest BCUT2D eigenvalue weighted by Gasteiger charge is 2.07. The number of methoxy groups -OCH3 is 2. The van der Waals surface area contributed by atoms with Crippen LogP contribution in [-0.4, -0.2) is 19.2 Å². The maximum atomic E-state index is 5.32. The second kappa shape index (κ2) is 6.57. The van der Waals surface area contributed by atoms with E-state index in [1.807, 2.05) is 12.1 Å². The molecule has 0 saturated carbocycles. The van der Waals surface area contributed by atoms with Crippen molar-refractivity contribution < 1.29 is 9.47 Å². The van der Waals surface area contributed by atoms with Crippen molar-refractivity contribution in [3.8, 4) is 11.5 Å². The lowest BCUT2D eigenvalue weighted by Crippen LogP contribution is -1.94. The van der Waals surface area contributed by atoms with Crippen molar-refractivity contribution in [3.05, 3.63) is 39.8 Å². The van der Waals surface area contributed by atoms with Crippen LogP contribution in [0.3, 0.4) is 0 Å². The zero-order valence-electron chi connectivity index (χ0n) is 11.6. The highest BCUT2D eigenvalue weighted by molar-refractivity contribution is 7.09. The molecule has 1 heterocycles. The maximum absolute atomic E-state index is 5.32. The molecule has 0 aliphatic heterocycles. The summed E-state index contributed by atoms with van der Waals surface area (Å²) < 4.78 is 10.6. The molecule has 0 saturated heterocycles. The average Bonchev–Trinajstić information content (AvgIpc) is 2.86. The molecule has 0 spiro atoms. The van der Waals surface area contributed by atoms with Crippen LogP contribution in [0, 0.1) is 0 Å². The second-order valence-electron chi connectivity index (χ2n) is 4.35. The summed E-state index contributed by atoms with van der Waals surface area (Å²) >= 11 is 1.72. The van der Waals surface area contributed by atoms with Gasteiger partial charge in [-0.05, 0) is 24.1 Å². The third-order valence-electron chi connectivity index (χ3n) is 2.91. The number of hydrogen-bond acceptors (Lipinski definition) is 4. The number of thiazole rings is 1. The smallest absolute Gasteiger partial charge is 0.160 e. The molecule has 2 aromatic rings. The Morgan fingerprint density at radius 2 is 1.95 bits per heavy atom. The Labute approximate surface area is 118 Å². The van der Waals surface area contributed by atoms with E-state index in [0.717, 1.165) is 35.8 Å². The summed E-state index contributed by atoms with van der Waals surface area (Å²) in [5, 5.41) is 3.30. The molecule has 19 heavy (non-hydrogen) atoms. The molecule has 0 radical (unpaired) electrons. The normalized spacial score (nSPS) is 10.5. The Hall–Kier alpha value is -1.55. The molecule has 0 fully saturated rings. The molecule has 0 aliphatic rings. The zero-order valence-corrected chi connectivity index (χ0v) is 12.4. The van der Waals surface area contributed by atoms with Gasteiger partial charge in [0.15, 0.2) is 11.5 Å². The molecule has 0 bridgehead atoms. The highest BCUT2D eigenvalue weighted by Crippen LogP contribution is 2.28. The number of rotatable bonds is 6. The molecule has 3 nitrogen and oxygen atoms in total. The van der Waals surface area contributed by atoms with Gasteiger partial charge in [-0.2, -0.15) is 0 Å². The molecule has 0 amide bonds. The summed E-state index contributed by atoms with van der Waals surface area (Å²) in [5.41, 5.74) is 2.39. The minimum absolute atomic E-state index is 0.761. The van der Waals surface area contributed by atoms with Crippen molar-refractivity contribution in [1.29, 1.82) is 0 Å². The second-order valence-corrected chi connectivity index (χ2v) is 5.29. The van der Waals surface area contributed by atoms with E-state index in [1.54, 1.807) is 25.6 Å². The fourth-order valence-electron chi connectivity index (χ4n) is 1.97. The fraction of sp³-hybridized carbons (Fsp3) is 0.400. The standard InChI is InChI=1S/C15H19NO2S/c1-4-5-12-10-19-15(16-12)9-11-6-7-13(17-2)14(8-11)18-3/h6-8,10H,4-5,9H2,1-3H3. The van der Waals surface area contributed by atoms with Crippen LogP contribution in [0.15, 0.2) is 23.6 Å². The number of nitrogens with zero attached hydrogens (tertiary/aromatic N) is 1. The largest absolute Gasteiger partial charge is 0.493 e. The number of aromatic nitrogens is 1. The van der Waals surface area contributed by atoms with Crippen molar-refractivity contribution >= 4 is 11.3 Å². The molecular formula is C15H19NO2S. The van der Waals surface area contributed by atoms with Gasteiger partial charge in [0, 0.05) is 11.8 Å². The first-order chi connectivity index (χ1) is 9.26. The number of aryl methyl sites for hydroxylation is 1. The monoisotopic (exact) mass is 277 g/mol. The Bertz CT molecular complexity index is 537.